The molecule has 2 heteroatoms. The monoisotopic (exact) mass is 591 g/mol. The summed E-state index contributed by atoms with van der Waals surface area (Å²) in [4.78, 5) is 12.0. The number of unbranched alkanes of at least 4 members (excludes halogenated alkanes) is 26. The van der Waals surface area contributed by atoms with Crippen molar-refractivity contribution in [2.24, 2.45) is 5.92 Å². The lowest BCUT2D eigenvalue weighted by Gasteiger charge is -2.07. The van der Waals surface area contributed by atoms with E-state index >= 15 is 0 Å². The first kappa shape index (κ1) is 41.2. The van der Waals surface area contributed by atoms with E-state index in [1.165, 1.54) is 186 Å². The van der Waals surface area contributed by atoms with Crippen LogP contribution in [0.15, 0.2) is 12.2 Å². The number of hydrogen-bond donors (Lipinski definition) is 0. The fourth-order valence-corrected chi connectivity index (χ4v) is 5.87. The molecular weight excluding hydrogens is 512 g/mol. The van der Waals surface area contributed by atoms with Gasteiger partial charge in [-0.3, -0.25) is 4.79 Å². The van der Waals surface area contributed by atoms with E-state index < -0.39 is 0 Å². The smallest absolute Gasteiger partial charge is 0.305 e. The van der Waals surface area contributed by atoms with Crippen molar-refractivity contribution in [2.75, 3.05) is 6.61 Å². The Bertz CT molecular complexity index is 540. The van der Waals surface area contributed by atoms with E-state index in [1.807, 2.05) is 0 Å². The zero-order valence-corrected chi connectivity index (χ0v) is 29.4. The molecule has 0 bridgehead atoms. The highest BCUT2D eigenvalue weighted by Crippen LogP contribution is 2.16. The minimum Gasteiger partial charge on any atom is -0.466 e. The lowest BCUT2D eigenvalue weighted by molar-refractivity contribution is -0.143. The SMILES string of the molecule is CCCCCCCCC=CCCCCCCCCCCCC(=O)OCCCCCCCCCCCCCCC(C)CC. The van der Waals surface area contributed by atoms with Crippen LogP contribution in [0.5, 0.6) is 0 Å². The average molecular weight is 591 g/mol. The summed E-state index contributed by atoms with van der Waals surface area (Å²) in [7, 11) is 0. The van der Waals surface area contributed by atoms with Gasteiger partial charge >= 0.3 is 5.97 Å². The summed E-state index contributed by atoms with van der Waals surface area (Å²) >= 11 is 0. The van der Waals surface area contributed by atoms with Crippen LogP contribution in [0.25, 0.3) is 0 Å². The number of hydrogen-bond acceptors (Lipinski definition) is 2. The van der Waals surface area contributed by atoms with Crippen molar-refractivity contribution in [3.05, 3.63) is 12.2 Å². The van der Waals surface area contributed by atoms with Gasteiger partial charge in [-0.2, -0.15) is 0 Å². The Hall–Kier alpha value is -0.790. The van der Waals surface area contributed by atoms with Crippen molar-refractivity contribution < 1.29 is 9.53 Å². The maximum absolute atomic E-state index is 12.0. The van der Waals surface area contributed by atoms with E-state index in [1.54, 1.807) is 0 Å². The van der Waals surface area contributed by atoms with Crippen molar-refractivity contribution in [1.29, 1.82) is 0 Å². The summed E-state index contributed by atoms with van der Waals surface area (Å²) in [6.45, 7) is 7.61. The summed E-state index contributed by atoms with van der Waals surface area (Å²) in [5.74, 6) is 0.944. The highest BCUT2D eigenvalue weighted by Gasteiger charge is 2.03. The summed E-state index contributed by atoms with van der Waals surface area (Å²) in [5, 5.41) is 0. The molecule has 0 saturated heterocycles. The van der Waals surface area contributed by atoms with Gasteiger partial charge in [0.15, 0.2) is 0 Å². The molecule has 2 nitrogen and oxygen atoms in total. The molecule has 0 aromatic heterocycles. The van der Waals surface area contributed by atoms with Crippen LogP contribution >= 0.6 is 0 Å². The second-order valence-corrected chi connectivity index (χ2v) is 13.5. The van der Waals surface area contributed by atoms with Gasteiger partial charge in [-0.15, -0.1) is 0 Å². The van der Waals surface area contributed by atoms with Crippen molar-refractivity contribution in [2.45, 2.75) is 226 Å². The highest BCUT2D eigenvalue weighted by molar-refractivity contribution is 5.69. The predicted molar refractivity (Wildman–Crippen MR) is 188 cm³/mol. The molecule has 0 N–H and O–H groups in total. The molecule has 1 atom stereocenters. The van der Waals surface area contributed by atoms with Gasteiger partial charge in [0.1, 0.15) is 0 Å². The fourth-order valence-electron chi connectivity index (χ4n) is 5.87. The van der Waals surface area contributed by atoms with Gasteiger partial charge in [-0.05, 0) is 44.4 Å². The van der Waals surface area contributed by atoms with Gasteiger partial charge in [0.2, 0.25) is 0 Å². The van der Waals surface area contributed by atoms with Crippen LogP contribution in [0.4, 0.5) is 0 Å². The summed E-state index contributed by atoms with van der Waals surface area (Å²) in [5.41, 5.74) is 0. The Morgan fingerprint density at radius 3 is 1.33 bits per heavy atom. The first-order valence-electron chi connectivity index (χ1n) is 19.5. The maximum Gasteiger partial charge on any atom is 0.305 e. The zero-order chi connectivity index (χ0) is 30.6. The van der Waals surface area contributed by atoms with E-state index in [2.05, 4.69) is 32.9 Å². The minimum absolute atomic E-state index is 0.0240. The van der Waals surface area contributed by atoms with Crippen molar-refractivity contribution in [1.82, 2.24) is 0 Å². The summed E-state index contributed by atoms with van der Waals surface area (Å²) in [6.07, 6.45) is 47.0. The number of rotatable bonds is 35. The molecule has 0 saturated carbocycles. The van der Waals surface area contributed by atoms with Crippen LogP contribution in [0.1, 0.15) is 226 Å². The number of allylic oxidation sites excluding steroid dienone is 2. The Morgan fingerprint density at radius 1 is 0.500 bits per heavy atom. The largest absolute Gasteiger partial charge is 0.466 e. The van der Waals surface area contributed by atoms with Gasteiger partial charge < -0.3 is 4.74 Å². The summed E-state index contributed by atoms with van der Waals surface area (Å²) in [6, 6.07) is 0. The van der Waals surface area contributed by atoms with Crippen LogP contribution in [-0.2, 0) is 9.53 Å². The minimum atomic E-state index is 0.0240. The van der Waals surface area contributed by atoms with E-state index in [9.17, 15) is 4.79 Å². The molecule has 1 unspecified atom stereocenters. The number of carbonyl (C=O) groups is 1. The van der Waals surface area contributed by atoms with E-state index in [0.29, 0.717) is 13.0 Å². The molecule has 0 aliphatic rings. The Balaban J connectivity index is 3.19. The second kappa shape index (κ2) is 36.4. The lowest BCUT2D eigenvalue weighted by atomic mass is 9.99. The van der Waals surface area contributed by atoms with Crippen molar-refractivity contribution in [3.8, 4) is 0 Å². The number of ether oxygens (including phenoxy) is 1. The number of esters is 1. The van der Waals surface area contributed by atoms with Crippen LogP contribution in [0.3, 0.4) is 0 Å². The lowest BCUT2D eigenvalue weighted by Crippen LogP contribution is -2.05. The highest BCUT2D eigenvalue weighted by atomic mass is 16.5. The van der Waals surface area contributed by atoms with Gasteiger partial charge in [-0.1, -0.05) is 193 Å². The van der Waals surface area contributed by atoms with E-state index in [0.717, 1.165) is 18.8 Å². The zero-order valence-electron chi connectivity index (χ0n) is 29.4. The van der Waals surface area contributed by atoms with E-state index in [4.69, 9.17) is 4.74 Å². The first-order chi connectivity index (χ1) is 20.7. The molecule has 0 aliphatic carbocycles. The van der Waals surface area contributed by atoms with Crippen LogP contribution < -0.4 is 0 Å². The second-order valence-electron chi connectivity index (χ2n) is 13.5. The van der Waals surface area contributed by atoms with Gasteiger partial charge in [0.25, 0.3) is 0 Å². The Morgan fingerprint density at radius 2 is 0.881 bits per heavy atom. The van der Waals surface area contributed by atoms with Gasteiger partial charge in [0.05, 0.1) is 6.61 Å². The molecule has 0 amide bonds. The Kier molecular flexibility index (Phi) is 35.7. The third kappa shape index (κ3) is 35.4. The van der Waals surface area contributed by atoms with Crippen LogP contribution in [0.2, 0.25) is 0 Å². The maximum atomic E-state index is 12.0. The van der Waals surface area contributed by atoms with Crippen LogP contribution in [-0.4, -0.2) is 12.6 Å². The van der Waals surface area contributed by atoms with Crippen molar-refractivity contribution >= 4 is 5.97 Å². The van der Waals surface area contributed by atoms with Crippen molar-refractivity contribution in [3.63, 3.8) is 0 Å². The molecule has 250 valence electrons. The third-order valence-corrected chi connectivity index (χ3v) is 9.19. The molecule has 0 aromatic rings. The summed E-state index contributed by atoms with van der Waals surface area (Å²) < 4.78 is 5.45. The third-order valence-electron chi connectivity index (χ3n) is 9.19. The molecule has 0 fully saturated rings. The molecule has 42 heavy (non-hydrogen) atoms. The molecular formula is C40H78O2. The average Bonchev–Trinajstić information content (AvgIpc) is 3.00. The molecule has 0 heterocycles. The Labute approximate surface area is 266 Å². The van der Waals surface area contributed by atoms with E-state index in [-0.39, 0.29) is 5.97 Å². The van der Waals surface area contributed by atoms with Gasteiger partial charge in [0, 0.05) is 6.42 Å². The quantitative estimate of drug-likeness (QED) is 0.0417. The standard InChI is InChI=1S/C40H78O2/c1-4-6-7-8-9-10-11-12-13-14-15-16-17-18-22-25-28-31-34-37-40(41)42-38-35-32-29-26-23-20-19-21-24-27-30-33-36-39(3)5-2/h12-13,39H,4-11,14-38H2,1-3H3. The normalized spacial score (nSPS) is 12.4. The molecule has 0 radical (unpaired) electrons. The molecule has 0 spiro atoms. The molecule has 0 aliphatic heterocycles. The predicted octanol–water partition coefficient (Wildman–Crippen LogP) is 14.2. The molecule has 0 rings (SSSR count). The first-order valence-corrected chi connectivity index (χ1v) is 19.5. The van der Waals surface area contributed by atoms with Gasteiger partial charge in [-0.25, -0.2) is 0 Å². The number of carbonyl (C=O) groups excluding carboxylic acids is 1. The topological polar surface area (TPSA) is 26.3 Å². The van der Waals surface area contributed by atoms with Crippen LogP contribution in [0, 0.1) is 5.92 Å². The fraction of sp³-hybridized carbons (Fsp3) is 0.925. The molecule has 0 aromatic carbocycles.